The fourth-order valence-corrected chi connectivity index (χ4v) is 5.37. The van der Waals surface area contributed by atoms with Gasteiger partial charge in [0.1, 0.15) is 0 Å². The van der Waals surface area contributed by atoms with Gasteiger partial charge in [0, 0.05) is 51.4 Å². The minimum absolute atomic E-state index is 0.0143. The molecule has 0 aliphatic carbocycles. The van der Waals surface area contributed by atoms with Gasteiger partial charge in [0.05, 0.1) is 0 Å². The summed E-state index contributed by atoms with van der Waals surface area (Å²) in [5.41, 5.74) is 2.27. The van der Waals surface area contributed by atoms with Crippen LogP contribution in [0.2, 0.25) is 0 Å². The van der Waals surface area contributed by atoms with Crippen LogP contribution in [0.5, 0.6) is 0 Å². The van der Waals surface area contributed by atoms with Gasteiger partial charge >= 0.3 is 12.1 Å². The summed E-state index contributed by atoms with van der Waals surface area (Å²) in [5, 5.41) is 0. The molecule has 0 radical (unpaired) electrons. The summed E-state index contributed by atoms with van der Waals surface area (Å²) in [7, 11) is 3.57. The van der Waals surface area contributed by atoms with Crippen molar-refractivity contribution in [1.82, 2.24) is 14.7 Å². The Morgan fingerprint density at radius 3 is 2.59 bits per heavy atom. The van der Waals surface area contributed by atoms with Crippen molar-refractivity contribution in [2.75, 3.05) is 64.9 Å². The van der Waals surface area contributed by atoms with Crippen LogP contribution in [0.1, 0.15) is 24.8 Å². The highest BCUT2D eigenvalue weighted by Gasteiger charge is 2.46. The lowest BCUT2D eigenvalue weighted by atomic mass is 9.74. The molecular formula is C23H32F2N4O3. The Kier molecular flexibility index (Phi) is 6.55. The van der Waals surface area contributed by atoms with Crippen molar-refractivity contribution in [2.24, 2.45) is 5.92 Å². The first kappa shape index (κ1) is 22.8. The Hall–Kier alpha value is -2.42. The Bertz CT molecular complexity index is 842. The van der Waals surface area contributed by atoms with Crippen molar-refractivity contribution in [1.29, 1.82) is 0 Å². The summed E-state index contributed by atoms with van der Waals surface area (Å²) >= 11 is 0. The van der Waals surface area contributed by atoms with Crippen molar-refractivity contribution in [2.45, 2.75) is 31.1 Å². The van der Waals surface area contributed by atoms with E-state index in [1.807, 2.05) is 17.0 Å². The number of halogens is 2. The second-order valence-electron chi connectivity index (χ2n) is 9.43. The third-order valence-electron chi connectivity index (χ3n) is 7.05. The number of rotatable bonds is 4. The molecule has 1 spiro atoms. The molecule has 32 heavy (non-hydrogen) atoms. The van der Waals surface area contributed by atoms with Crippen molar-refractivity contribution < 1.29 is 23.1 Å². The molecule has 1 aromatic carbocycles. The van der Waals surface area contributed by atoms with Gasteiger partial charge in [-0.2, -0.15) is 0 Å². The van der Waals surface area contributed by atoms with Crippen LogP contribution < -0.4 is 4.90 Å². The second-order valence-corrected chi connectivity index (χ2v) is 9.43. The topological polar surface area (TPSA) is 56.3 Å². The van der Waals surface area contributed by atoms with E-state index in [9.17, 15) is 18.4 Å². The Labute approximate surface area is 187 Å². The average Bonchev–Trinajstić information content (AvgIpc) is 3.37. The Balaban J connectivity index is 1.33. The zero-order valence-corrected chi connectivity index (χ0v) is 18.8. The van der Waals surface area contributed by atoms with Crippen LogP contribution in [0.25, 0.3) is 0 Å². The fourth-order valence-electron chi connectivity index (χ4n) is 5.37. The second kappa shape index (κ2) is 9.21. The molecule has 0 saturated carbocycles. The van der Waals surface area contributed by atoms with E-state index < -0.39 is 19.1 Å². The molecule has 4 rings (SSSR count). The first-order valence-corrected chi connectivity index (χ1v) is 11.3. The van der Waals surface area contributed by atoms with Crippen LogP contribution in [-0.2, 0) is 10.2 Å². The summed E-state index contributed by atoms with van der Waals surface area (Å²) in [6, 6.07) is 8.26. The van der Waals surface area contributed by atoms with Gasteiger partial charge in [0.15, 0.2) is 6.61 Å². The lowest BCUT2D eigenvalue weighted by Crippen LogP contribution is -2.48. The van der Waals surface area contributed by atoms with E-state index in [2.05, 4.69) is 21.8 Å². The number of hydrogen-bond acceptors (Lipinski definition) is 4. The molecule has 0 aromatic heterocycles. The first-order valence-electron chi connectivity index (χ1n) is 11.3. The number of likely N-dealkylation sites (tertiary alicyclic amines) is 2. The lowest BCUT2D eigenvalue weighted by Gasteiger charge is -2.40. The molecule has 0 unspecified atom stereocenters. The number of para-hydroxylation sites is 1. The summed E-state index contributed by atoms with van der Waals surface area (Å²) < 4.78 is 29.2. The first-order chi connectivity index (χ1) is 15.3. The minimum Gasteiger partial charge on any atom is -0.443 e. The highest BCUT2D eigenvalue weighted by atomic mass is 19.3. The molecule has 3 heterocycles. The molecule has 1 atom stereocenters. The number of anilines is 1. The maximum absolute atomic E-state index is 12.8. The maximum Gasteiger partial charge on any atom is 0.409 e. The van der Waals surface area contributed by atoms with Crippen molar-refractivity contribution in [3.05, 3.63) is 29.8 Å². The Morgan fingerprint density at radius 1 is 1.19 bits per heavy atom. The van der Waals surface area contributed by atoms with Crippen LogP contribution >= 0.6 is 0 Å². The predicted molar refractivity (Wildman–Crippen MR) is 117 cm³/mol. The molecule has 2 fully saturated rings. The number of urea groups is 1. The van der Waals surface area contributed by atoms with Gasteiger partial charge in [-0.25, -0.2) is 18.4 Å². The van der Waals surface area contributed by atoms with Crippen molar-refractivity contribution in [3.63, 3.8) is 0 Å². The zero-order chi connectivity index (χ0) is 22.9. The molecule has 9 heteroatoms. The van der Waals surface area contributed by atoms with E-state index in [1.165, 1.54) is 10.5 Å². The quantitative estimate of drug-likeness (QED) is 0.707. The van der Waals surface area contributed by atoms with Crippen LogP contribution in [0.15, 0.2) is 24.3 Å². The minimum atomic E-state index is -2.64. The standard InChI is InChI=1S/C23H32F2N4O3/c1-26(2)21(30)29-16-23(18-5-3-4-6-19(18)29)8-11-27(12-9-23)13-17-7-10-28(14-17)22(31)32-15-20(24)25/h3-6,17,20H,7-16H2,1-2H3/t17-/m1/s1. The summed E-state index contributed by atoms with van der Waals surface area (Å²) in [5.74, 6) is 0.325. The number of ether oxygens (including phenoxy) is 1. The molecule has 1 aromatic rings. The average molecular weight is 451 g/mol. The number of nitrogens with zero attached hydrogens (tertiary/aromatic N) is 4. The van der Waals surface area contributed by atoms with Gasteiger partial charge in [0.25, 0.3) is 6.43 Å². The molecule has 3 aliphatic heterocycles. The van der Waals surface area contributed by atoms with Gasteiger partial charge in [-0.1, -0.05) is 18.2 Å². The van der Waals surface area contributed by atoms with E-state index in [4.69, 9.17) is 0 Å². The molecule has 2 saturated heterocycles. The van der Waals surface area contributed by atoms with E-state index in [0.717, 1.165) is 44.6 Å². The molecule has 0 bridgehead atoms. The van der Waals surface area contributed by atoms with Crippen molar-refractivity contribution >= 4 is 17.8 Å². The number of fused-ring (bicyclic) bond motifs is 2. The summed E-state index contributed by atoms with van der Waals surface area (Å²) in [6.07, 6.45) is -0.456. The zero-order valence-electron chi connectivity index (χ0n) is 18.8. The van der Waals surface area contributed by atoms with E-state index >= 15 is 0 Å². The molecule has 3 amide bonds. The third kappa shape index (κ3) is 4.53. The van der Waals surface area contributed by atoms with Crippen LogP contribution in [0.3, 0.4) is 0 Å². The van der Waals surface area contributed by atoms with Gasteiger partial charge in [-0.15, -0.1) is 0 Å². The van der Waals surface area contributed by atoms with Crippen LogP contribution in [0, 0.1) is 5.92 Å². The molecule has 176 valence electrons. The van der Waals surface area contributed by atoms with Gasteiger partial charge in [0.2, 0.25) is 0 Å². The molecule has 3 aliphatic rings. The van der Waals surface area contributed by atoms with E-state index in [0.29, 0.717) is 25.6 Å². The predicted octanol–water partition coefficient (Wildman–Crippen LogP) is 3.25. The summed E-state index contributed by atoms with van der Waals surface area (Å²) in [4.78, 5) is 32.2. The van der Waals surface area contributed by atoms with E-state index in [1.54, 1.807) is 19.0 Å². The van der Waals surface area contributed by atoms with Gasteiger partial charge in [-0.3, -0.25) is 4.90 Å². The van der Waals surface area contributed by atoms with E-state index in [-0.39, 0.29) is 11.4 Å². The maximum atomic E-state index is 12.8. The number of benzene rings is 1. The largest absolute Gasteiger partial charge is 0.443 e. The smallest absolute Gasteiger partial charge is 0.409 e. The SMILES string of the molecule is CN(C)C(=O)N1CC2(CCN(C[C@H]3CCN(C(=O)OCC(F)F)C3)CC2)c2ccccc21. The number of amides is 3. The number of hydrogen-bond donors (Lipinski definition) is 0. The molecule has 0 N–H and O–H groups in total. The molecule has 7 nitrogen and oxygen atoms in total. The monoisotopic (exact) mass is 450 g/mol. The number of alkyl halides is 2. The lowest BCUT2D eigenvalue weighted by molar-refractivity contribution is 0.0341. The third-order valence-corrected chi connectivity index (χ3v) is 7.05. The number of carbonyl (C=O) groups excluding carboxylic acids is 2. The number of piperidine rings is 1. The summed E-state index contributed by atoms with van der Waals surface area (Å²) in [6.45, 7) is 3.73. The Morgan fingerprint density at radius 2 is 1.91 bits per heavy atom. The van der Waals surface area contributed by atoms with Crippen LogP contribution in [-0.4, -0.2) is 93.2 Å². The molecular weight excluding hydrogens is 418 g/mol. The normalized spacial score (nSPS) is 22.5. The number of carbonyl (C=O) groups is 2. The van der Waals surface area contributed by atoms with Gasteiger partial charge < -0.3 is 19.4 Å². The highest BCUT2D eigenvalue weighted by Crippen LogP contribution is 2.47. The fraction of sp³-hybridized carbons (Fsp3) is 0.652. The van der Waals surface area contributed by atoms with Crippen molar-refractivity contribution in [3.8, 4) is 0 Å². The highest BCUT2D eigenvalue weighted by molar-refractivity contribution is 5.95. The van der Waals surface area contributed by atoms with Crippen LogP contribution in [0.4, 0.5) is 24.1 Å². The van der Waals surface area contributed by atoms with Gasteiger partial charge in [-0.05, 0) is 49.9 Å².